The van der Waals surface area contributed by atoms with Crippen LogP contribution in [0, 0.1) is 6.92 Å². The highest BCUT2D eigenvalue weighted by Gasteiger charge is 2.18. The molecule has 1 aromatic rings. The highest BCUT2D eigenvalue weighted by atomic mass is 15.3. The van der Waals surface area contributed by atoms with E-state index < -0.39 is 0 Å². The molecule has 3 rings (SSSR count). The van der Waals surface area contributed by atoms with Crippen LogP contribution in [-0.2, 0) is 13.6 Å². The van der Waals surface area contributed by atoms with Gasteiger partial charge in [0.25, 0.3) is 0 Å². The van der Waals surface area contributed by atoms with Crippen LogP contribution in [0.1, 0.15) is 69.9 Å². The third kappa shape index (κ3) is 5.92. The Balaban J connectivity index is 1.49. The van der Waals surface area contributed by atoms with Crippen LogP contribution in [0.25, 0.3) is 0 Å². The summed E-state index contributed by atoms with van der Waals surface area (Å²) in [4.78, 5) is 7.42. The fraction of sp³-hybridized carbons (Fsp3) is 0.850. The van der Waals surface area contributed by atoms with E-state index in [0.717, 1.165) is 36.6 Å². The first-order valence-electron chi connectivity index (χ1n) is 10.8. The molecule has 1 saturated carbocycles. The number of nitrogens with zero attached hydrogens (tertiary/aromatic N) is 5. The van der Waals surface area contributed by atoms with E-state index in [-0.39, 0.29) is 0 Å². The molecule has 1 aliphatic carbocycles. The summed E-state index contributed by atoms with van der Waals surface area (Å²) >= 11 is 0. The van der Waals surface area contributed by atoms with Crippen molar-refractivity contribution in [2.24, 2.45) is 12.0 Å². The first-order valence-corrected chi connectivity index (χ1v) is 10.8. The lowest BCUT2D eigenvalue weighted by atomic mass is 10.0. The van der Waals surface area contributed by atoms with Crippen molar-refractivity contribution in [3.63, 3.8) is 0 Å². The van der Waals surface area contributed by atoms with E-state index in [1.54, 1.807) is 0 Å². The third-order valence-electron chi connectivity index (χ3n) is 6.11. The van der Waals surface area contributed by atoms with Gasteiger partial charge in [-0.1, -0.05) is 19.3 Å². The van der Waals surface area contributed by atoms with Crippen LogP contribution in [-0.4, -0.2) is 57.3 Å². The Morgan fingerprint density at radius 2 is 1.93 bits per heavy atom. The zero-order valence-electron chi connectivity index (χ0n) is 17.4. The SMILES string of the molecule is Cc1nnc(CN=C(NCCCN2CCCCC2C)NC2CCCC2)n1C. The van der Waals surface area contributed by atoms with E-state index in [2.05, 4.69) is 32.7 Å². The first kappa shape index (κ1) is 20.1. The van der Waals surface area contributed by atoms with Crippen LogP contribution < -0.4 is 10.6 Å². The Hall–Kier alpha value is -1.63. The number of aryl methyl sites for hydroxylation is 1. The molecule has 7 nitrogen and oxygen atoms in total. The summed E-state index contributed by atoms with van der Waals surface area (Å²) in [5.74, 6) is 2.76. The number of aliphatic imine (C=N–C) groups is 1. The van der Waals surface area contributed by atoms with Crippen molar-refractivity contribution in [3.05, 3.63) is 11.6 Å². The quantitative estimate of drug-likeness (QED) is 0.435. The van der Waals surface area contributed by atoms with Gasteiger partial charge in [0.05, 0.1) is 0 Å². The molecule has 2 N–H and O–H groups in total. The van der Waals surface area contributed by atoms with Gasteiger partial charge in [-0.15, -0.1) is 10.2 Å². The van der Waals surface area contributed by atoms with Gasteiger partial charge >= 0.3 is 0 Å². The highest BCUT2D eigenvalue weighted by Crippen LogP contribution is 2.18. The van der Waals surface area contributed by atoms with Crippen LogP contribution in [0.5, 0.6) is 0 Å². The molecule has 27 heavy (non-hydrogen) atoms. The van der Waals surface area contributed by atoms with Crippen molar-refractivity contribution in [1.29, 1.82) is 0 Å². The second kappa shape index (κ2) is 10.1. The number of nitrogens with one attached hydrogen (secondary N) is 2. The number of piperidine rings is 1. The van der Waals surface area contributed by atoms with Gasteiger partial charge in [0, 0.05) is 32.2 Å². The van der Waals surface area contributed by atoms with Gasteiger partial charge < -0.3 is 20.1 Å². The van der Waals surface area contributed by atoms with Gasteiger partial charge in [-0.05, 0) is 52.5 Å². The Morgan fingerprint density at radius 3 is 2.63 bits per heavy atom. The number of hydrogen-bond donors (Lipinski definition) is 2. The molecule has 0 aromatic carbocycles. The highest BCUT2D eigenvalue weighted by molar-refractivity contribution is 5.80. The van der Waals surface area contributed by atoms with Gasteiger partial charge in [-0.2, -0.15) is 0 Å². The predicted molar refractivity (Wildman–Crippen MR) is 110 cm³/mol. The maximum Gasteiger partial charge on any atom is 0.191 e. The van der Waals surface area contributed by atoms with Gasteiger partial charge in [-0.3, -0.25) is 0 Å². The molecule has 1 unspecified atom stereocenters. The van der Waals surface area contributed by atoms with E-state index in [1.165, 1.54) is 58.0 Å². The monoisotopic (exact) mass is 375 g/mol. The molecular weight excluding hydrogens is 338 g/mol. The normalized spacial score (nSPS) is 22.3. The van der Waals surface area contributed by atoms with Crippen molar-refractivity contribution in [3.8, 4) is 0 Å². The average molecular weight is 376 g/mol. The summed E-state index contributed by atoms with van der Waals surface area (Å²) in [6, 6.07) is 1.29. The first-order chi connectivity index (χ1) is 13.1. The maximum absolute atomic E-state index is 4.79. The van der Waals surface area contributed by atoms with Crippen molar-refractivity contribution in [2.45, 2.75) is 83.8 Å². The lowest BCUT2D eigenvalue weighted by Gasteiger charge is -2.33. The summed E-state index contributed by atoms with van der Waals surface area (Å²) in [6.07, 6.45) is 10.4. The molecule has 1 atom stereocenters. The minimum atomic E-state index is 0.555. The number of guanidine groups is 1. The number of rotatable bonds is 7. The van der Waals surface area contributed by atoms with Crippen molar-refractivity contribution < 1.29 is 0 Å². The van der Waals surface area contributed by atoms with Crippen molar-refractivity contribution >= 4 is 5.96 Å². The average Bonchev–Trinajstić information content (AvgIpc) is 3.29. The molecule has 0 radical (unpaired) electrons. The Labute approximate surface area is 164 Å². The molecule has 2 fully saturated rings. The molecule has 0 spiro atoms. The second-order valence-electron chi connectivity index (χ2n) is 8.17. The minimum absolute atomic E-state index is 0.555. The number of hydrogen-bond acceptors (Lipinski definition) is 4. The van der Waals surface area contributed by atoms with E-state index in [1.807, 2.05) is 18.5 Å². The molecule has 1 saturated heterocycles. The molecule has 7 heteroatoms. The number of likely N-dealkylation sites (tertiary alicyclic amines) is 1. The minimum Gasteiger partial charge on any atom is -0.356 e. The molecule has 152 valence electrons. The van der Waals surface area contributed by atoms with Gasteiger partial charge in [0.15, 0.2) is 11.8 Å². The third-order valence-corrected chi connectivity index (χ3v) is 6.11. The van der Waals surface area contributed by atoms with Crippen LogP contribution in [0.3, 0.4) is 0 Å². The molecule has 1 aliphatic heterocycles. The summed E-state index contributed by atoms with van der Waals surface area (Å²) < 4.78 is 2.01. The van der Waals surface area contributed by atoms with E-state index >= 15 is 0 Å². The zero-order chi connectivity index (χ0) is 19.1. The Kier molecular flexibility index (Phi) is 7.50. The largest absolute Gasteiger partial charge is 0.356 e. The van der Waals surface area contributed by atoms with E-state index in [4.69, 9.17) is 4.99 Å². The van der Waals surface area contributed by atoms with Crippen molar-refractivity contribution in [2.75, 3.05) is 19.6 Å². The van der Waals surface area contributed by atoms with Crippen LogP contribution in [0.4, 0.5) is 0 Å². The van der Waals surface area contributed by atoms with Crippen LogP contribution in [0.15, 0.2) is 4.99 Å². The molecule has 2 heterocycles. The summed E-state index contributed by atoms with van der Waals surface area (Å²) in [6.45, 7) is 8.28. The topological polar surface area (TPSA) is 70.4 Å². The summed E-state index contributed by atoms with van der Waals surface area (Å²) in [5.41, 5.74) is 0. The smallest absolute Gasteiger partial charge is 0.191 e. The lowest BCUT2D eigenvalue weighted by molar-refractivity contribution is 0.159. The van der Waals surface area contributed by atoms with Crippen LogP contribution in [0.2, 0.25) is 0 Å². The summed E-state index contributed by atoms with van der Waals surface area (Å²) in [7, 11) is 2.00. The molecule has 0 amide bonds. The van der Waals surface area contributed by atoms with E-state index in [0.29, 0.717) is 12.6 Å². The number of aromatic nitrogens is 3. The zero-order valence-corrected chi connectivity index (χ0v) is 17.4. The maximum atomic E-state index is 4.79. The lowest BCUT2D eigenvalue weighted by Crippen LogP contribution is -2.44. The van der Waals surface area contributed by atoms with Gasteiger partial charge in [-0.25, -0.2) is 4.99 Å². The fourth-order valence-corrected chi connectivity index (χ4v) is 4.13. The van der Waals surface area contributed by atoms with Gasteiger partial charge in [0.2, 0.25) is 0 Å². The predicted octanol–water partition coefficient (Wildman–Crippen LogP) is 2.37. The molecule has 1 aromatic heterocycles. The Bertz CT molecular complexity index is 603. The second-order valence-corrected chi connectivity index (χ2v) is 8.17. The molecule has 0 bridgehead atoms. The van der Waals surface area contributed by atoms with E-state index in [9.17, 15) is 0 Å². The Morgan fingerprint density at radius 1 is 1.15 bits per heavy atom. The van der Waals surface area contributed by atoms with Gasteiger partial charge in [0.1, 0.15) is 12.4 Å². The summed E-state index contributed by atoms with van der Waals surface area (Å²) in [5, 5.41) is 15.5. The molecular formula is C20H37N7. The van der Waals surface area contributed by atoms with Crippen molar-refractivity contribution in [1.82, 2.24) is 30.3 Å². The molecule has 2 aliphatic rings. The fourth-order valence-electron chi connectivity index (χ4n) is 4.13. The standard InChI is InChI=1S/C20H37N7/c1-16-9-6-7-13-27(16)14-8-12-21-20(23-18-10-4-5-11-18)22-15-19-25-24-17(2)26(19)3/h16,18H,4-15H2,1-3H3,(H2,21,22,23). The van der Waals surface area contributed by atoms with Crippen LogP contribution >= 0.6 is 0 Å².